The minimum Gasteiger partial charge on any atom is -0.493 e. The van der Waals surface area contributed by atoms with Gasteiger partial charge in [0.25, 0.3) is 0 Å². The third-order valence-corrected chi connectivity index (χ3v) is 3.57. The fourth-order valence-corrected chi connectivity index (χ4v) is 2.38. The Morgan fingerprint density at radius 1 is 1.32 bits per heavy atom. The van der Waals surface area contributed by atoms with E-state index in [2.05, 4.69) is 23.0 Å². The van der Waals surface area contributed by atoms with Crippen molar-refractivity contribution in [2.75, 3.05) is 12.3 Å². The van der Waals surface area contributed by atoms with Crippen LogP contribution in [0.15, 0.2) is 18.2 Å². The van der Waals surface area contributed by atoms with Crippen LogP contribution in [0, 0.1) is 6.92 Å². The maximum Gasteiger partial charge on any atom is 0.161 e. The zero-order valence-corrected chi connectivity index (χ0v) is 11.2. The second-order valence-corrected chi connectivity index (χ2v) is 4.78. The summed E-state index contributed by atoms with van der Waals surface area (Å²) < 4.78 is 5.51. The Morgan fingerprint density at radius 2 is 2.16 bits per heavy atom. The van der Waals surface area contributed by atoms with Crippen LogP contribution in [0.25, 0.3) is 11.4 Å². The molecule has 2 heterocycles. The molecule has 1 aromatic heterocycles. The largest absolute Gasteiger partial charge is 0.493 e. The second kappa shape index (κ2) is 4.53. The first-order valence-electron chi connectivity index (χ1n) is 6.58. The molecule has 1 aliphatic rings. The minimum atomic E-state index is 0.568. The van der Waals surface area contributed by atoms with Gasteiger partial charge in [-0.3, -0.25) is 0 Å². The van der Waals surface area contributed by atoms with Crippen molar-refractivity contribution < 1.29 is 4.74 Å². The molecule has 0 atom stereocenters. The Bertz CT molecular complexity index is 638. The summed E-state index contributed by atoms with van der Waals surface area (Å²) in [5.41, 5.74) is 10.2. The molecule has 2 N–H and O–H groups in total. The molecule has 0 unspecified atom stereocenters. The van der Waals surface area contributed by atoms with Gasteiger partial charge in [-0.25, -0.2) is 9.97 Å². The first-order chi connectivity index (χ1) is 9.19. The van der Waals surface area contributed by atoms with Gasteiger partial charge in [0.1, 0.15) is 11.6 Å². The number of ether oxygens (including phenoxy) is 1. The summed E-state index contributed by atoms with van der Waals surface area (Å²) in [7, 11) is 0. The Labute approximate surface area is 112 Å². The summed E-state index contributed by atoms with van der Waals surface area (Å²) in [5.74, 6) is 2.24. The van der Waals surface area contributed by atoms with Crippen molar-refractivity contribution in [1.29, 1.82) is 0 Å². The first kappa shape index (κ1) is 12.0. The lowest BCUT2D eigenvalue weighted by Gasteiger charge is -2.09. The first-order valence-corrected chi connectivity index (χ1v) is 6.58. The molecule has 0 saturated heterocycles. The number of nitrogen functional groups attached to an aromatic ring is 1. The Morgan fingerprint density at radius 3 is 2.95 bits per heavy atom. The summed E-state index contributed by atoms with van der Waals surface area (Å²) in [4.78, 5) is 9.02. The van der Waals surface area contributed by atoms with Gasteiger partial charge < -0.3 is 10.5 Å². The molecule has 98 valence electrons. The lowest BCUT2D eigenvalue weighted by molar-refractivity contribution is 0.357. The van der Waals surface area contributed by atoms with Crippen molar-refractivity contribution in [1.82, 2.24) is 9.97 Å². The molecule has 0 radical (unpaired) electrons. The monoisotopic (exact) mass is 255 g/mol. The van der Waals surface area contributed by atoms with E-state index in [9.17, 15) is 0 Å². The molecule has 1 aliphatic heterocycles. The standard InChI is InChI=1S/C15H17N3O/c1-3-12-9(2)14(16)18-15(17-12)11-4-5-13-10(8-11)6-7-19-13/h4-5,8H,3,6-7H2,1-2H3,(H2,16,17,18). The van der Waals surface area contributed by atoms with E-state index in [1.807, 2.05) is 19.1 Å². The van der Waals surface area contributed by atoms with Gasteiger partial charge in [-0.1, -0.05) is 6.92 Å². The van der Waals surface area contributed by atoms with Gasteiger partial charge in [-0.15, -0.1) is 0 Å². The molecule has 0 amide bonds. The van der Waals surface area contributed by atoms with Crippen LogP contribution in [0.1, 0.15) is 23.7 Å². The van der Waals surface area contributed by atoms with Crippen LogP contribution >= 0.6 is 0 Å². The molecular weight excluding hydrogens is 238 g/mol. The molecule has 0 bridgehead atoms. The third-order valence-electron chi connectivity index (χ3n) is 3.57. The van der Waals surface area contributed by atoms with Gasteiger partial charge in [0.2, 0.25) is 0 Å². The summed E-state index contributed by atoms with van der Waals surface area (Å²) in [6.45, 7) is 4.81. The highest BCUT2D eigenvalue weighted by Crippen LogP contribution is 2.30. The lowest BCUT2D eigenvalue weighted by Crippen LogP contribution is -2.04. The smallest absolute Gasteiger partial charge is 0.161 e. The Hall–Kier alpha value is -2.10. The summed E-state index contributed by atoms with van der Waals surface area (Å²) in [5, 5.41) is 0. The minimum absolute atomic E-state index is 0.568. The fourth-order valence-electron chi connectivity index (χ4n) is 2.38. The van der Waals surface area contributed by atoms with Crippen molar-refractivity contribution >= 4 is 5.82 Å². The number of rotatable bonds is 2. The van der Waals surface area contributed by atoms with Crippen molar-refractivity contribution in [2.45, 2.75) is 26.7 Å². The number of nitrogens with two attached hydrogens (primary N) is 1. The number of aromatic nitrogens is 2. The SMILES string of the molecule is CCc1nc(-c2ccc3c(c2)CCO3)nc(N)c1C. The van der Waals surface area contributed by atoms with Gasteiger partial charge in [0.05, 0.1) is 6.61 Å². The highest BCUT2D eigenvalue weighted by atomic mass is 16.5. The Kier molecular flexibility index (Phi) is 2.85. The van der Waals surface area contributed by atoms with Crippen LogP contribution in [0.3, 0.4) is 0 Å². The average molecular weight is 255 g/mol. The third kappa shape index (κ3) is 2.03. The molecule has 1 aromatic carbocycles. The van der Waals surface area contributed by atoms with Crippen LogP contribution in [-0.2, 0) is 12.8 Å². The van der Waals surface area contributed by atoms with Gasteiger partial charge in [-0.05, 0) is 37.1 Å². The Balaban J connectivity index is 2.09. The highest BCUT2D eigenvalue weighted by Gasteiger charge is 2.15. The molecule has 0 aliphatic carbocycles. The van der Waals surface area contributed by atoms with Crippen LogP contribution in [-0.4, -0.2) is 16.6 Å². The van der Waals surface area contributed by atoms with E-state index < -0.39 is 0 Å². The van der Waals surface area contributed by atoms with Gasteiger partial charge in [0, 0.05) is 23.2 Å². The second-order valence-electron chi connectivity index (χ2n) is 4.78. The molecule has 0 spiro atoms. The molecule has 3 rings (SSSR count). The number of fused-ring (bicyclic) bond motifs is 1. The zero-order valence-electron chi connectivity index (χ0n) is 11.2. The van der Waals surface area contributed by atoms with Crippen LogP contribution in [0.5, 0.6) is 5.75 Å². The molecule has 4 nitrogen and oxygen atoms in total. The molecule has 19 heavy (non-hydrogen) atoms. The number of benzene rings is 1. The number of hydrogen-bond acceptors (Lipinski definition) is 4. The number of nitrogens with zero attached hydrogens (tertiary/aromatic N) is 2. The average Bonchev–Trinajstić information content (AvgIpc) is 2.89. The van der Waals surface area contributed by atoms with E-state index in [0.29, 0.717) is 11.6 Å². The van der Waals surface area contributed by atoms with E-state index in [0.717, 1.165) is 42.0 Å². The molecule has 4 heteroatoms. The van der Waals surface area contributed by atoms with Crippen LogP contribution < -0.4 is 10.5 Å². The van der Waals surface area contributed by atoms with Gasteiger partial charge in [-0.2, -0.15) is 0 Å². The predicted octanol–water partition coefficient (Wildman–Crippen LogP) is 2.53. The molecule has 2 aromatic rings. The van der Waals surface area contributed by atoms with Gasteiger partial charge >= 0.3 is 0 Å². The number of aryl methyl sites for hydroxylation is 1. The maximum absolute atomic E-state index is 5.97. The normalized spacial score (nSPS) is 13.2. The van der Waals surface area contributed by atoms with Crippen LogP contribution in [0.2, 0.25) is 0 Å². The summed E-state index contributed by atoms with van der Waals surface area (Å²) in [6, 6.07) is 6.09. The van der Waals surface area contributed by atoms with E-state index >= 15 is 0 Å². The lowest BCUT2D eigenvalue weighted by atomic mass is 10.1. The fraction of sp³-hybridized carbons (Fsp3) is 0.333. The van der Waals surface area contributed by atoms with Crippen LogP contribution in [0.4, 0.5) is 5.82 Å². The van der Waals surface area contributed by atoms with E-state index in [-0.39, 0.29) is 0 Å². The summed E-state index contributed by atoms with van der Waals surface area (Å²) in [6.07, 6.45) is 1.81. The van der Waals surface area contributed by atoms with Crippen molar-refractivity contribution in [3.63, 3.8) is 0 Å². The maximum atomic E-state index is 5.97. The van der Waals surface area contributed by atoms with Crippen molar-refractivity contribution in [2.24, 2.45) is 0 Å². The number of hydrogen-bond donors (Lipinski definition) is 1. The predicted molar refractivity (Wildman–Crippen MR) is 75.2 cm³/mol. The highest BCUT2D eigenvalue weighted by molar-refractivity contribution is 5.62. The van der Waals surface area contributed by atoms with E-state index in [4.69, 9.17) is 10.5 Å². The van der Waals surface area contributed by atoms with Crippen molar-refractivity contribution in [3.05, 3.63) is 35.0 Å². The van der Waals surface area contributed by atoms with E-state index in [1.165, 1.54) is 5.56 Å². The molecule has 0 fully saturated rings. The zero-order chi connectivity index (χ0) is 13.4. The molecular formula is C15H17N3O. The van der Waals surface area contributed by atoms with E-state index in [1.54, 1.807) is 0 Å². The molecule has 0 saturated carbocycles. The quantitative estimate of drug-likeness (QED) is 0.895. The van der Waals surface area contributed by atoms with Crippen molar-refractivity contribution in [3.8, 4) is 17.1 Å². The summed E-state index contributed by atoms with van der Waals surface area (Å²) >= 11 is 0. The topological polar surface area (TPSA) is 61.0 Å². The van der Waals surface area contributed by atoms with Gasteiger partial charge in [0.15, 0.2) is 5.82 Å². The number of anilines is 1.